The number of hydrogen-bond donors (Lipinski definition) is 2. The van der Waals surface area contributed by atoms with Crippen LogP contribution in [0.25, 0.3) is 0 Å². The van der Waals surface area contributed by atoms with Crippen LogP contribution in [-0.2, 0) is 26.2 Å². The van der Waals surface area contributed by atoms with Crippen LogP contribution in [0.4, 0.5) is 5.82 Å². The van der Waals surface area contributed by atoms with Gasteiger partial charge in [-0.05, 0) is 43.0 Å². The van der Waals surface area contributed by atoms with E-state index >= 15 is 0 Å². The van der Waals surface area contributed by atoms with E-state index in [2.05, 4.69) is 20.4 Å². The number of sulfonamides is 1. The summed E-state index contributed by atoms with van der Waals surface area (Å²) in [5.41, 5.74) is 7.24. The molecule has 1 aromatic carbocycles. The smallest absolute Gasteiger partial charge is 0.261 e. The minimum absolute atomic E-state index is 0.0341. The molecule has 0 aliphatic carbocycles. The van der Waals surface area contributed by atoms with Gasteiger partial charge in [-0.25, -0.2) is 17.7 Å². The van der Waals surface area contributed by atoms with Gasteiger partial charge in [0.1, 0.15) is 5.82 Å². The Labute approximate surface area is 194 Å². The van der Waals surface area contributed by atoms with Crippen LogP contribution in [-0.4, -0.2) is 63.2 Å². The van der Waals surface area contributed by atoms with E-state index in [0.717, 1.165) is 36.1 Å². The molecule has 1 aliphatic rings. The lowest BCUT2D eigenvalue weighted by Gasteiger charge is -2.29. The second-order valence-electron chi connectivity index (χ2n) is 7.84. The standard InChI is InChI=1S/C22H30N6O4S/c1-27(2)33(30,31)19-11-5-4-9-17(19)15-25-20(29)16-32-26-21(23)18-10-8-12-24-22(18)28-13-6-3-7-14-28/h4-5,8-12H,3,6-7,13-16H2,1-2H3,(H2,23,26)(H,25,29). The van der Waals surface area contributed by atoms with Gasteiger partial charge in [0.25, 0.3) is 5.91 Å². The molecule has 11 heteroatoms. The molecule has 1 amide bonds. The van der Waals surface area contributed by atoms with Crippen molar-refractivity contribution in [2.75, 3.05) is 38.7 Å². The lowest BCUT2D eigenvalue weighted by Crippen LogP contribution is -2.32. The highest BCUT2D eigenvalue weighted by Crippen LogP contribution is 2.21. The van der Waals surface area contributed by atoms with Gasteiger partial charge in [-0.2, -0.15) is 0 Å². The van der Waals surface area contributed by atoms with Gasteiger partial charge in [-0.15, -0.1) is 0 Å². The molecule has 178 valence electrons. The lowest BCUT2D eigenvalue weighted by molar-refractivity contribution is -0.125. The second-order valence-corrected chi connectivity index (χ2v) is 9.96. The minimum Gasteiger partial charge on any atom is -0.384 e. The Balaban J connectivity index is 1.59. The first-order chi connectivity index (χ1) is 15.8. The average molecular weight is 475 g/mol. The van der Waals surface area contributed by atoms with E-state index in [1.54, 1.807) is 30.5 Å². The Bertz CT molecular complexity index is 1100. The molecular formula is C22H30N6O4S. The van der Waals surface area contributed by atoms with Crippen molar-refractivity contribution in [1.82, 2.24) is 14.6 Å². The highest BCUT2D eigenvalue weighted by Gasteiger charge is 2.21. The van der Waals surface area contributed by atoms with Crippen LogP contribution in [0.15, 0.2) is 52.6 Å². The maximum Gasteiger partial charge on any atom is 0.261 e. The molecule has 0 radical (unpaired) electrons. The summed E-state index contributed by atoms with van der Waals surface area (Å²) in [5.74, 6) is 0.440. The Morgan fingerprint density at radius 2 is 1.91 bits per heavy atom. The van der Waals surface area contributed by atoms with Crippen LogP contribution in [0, 0.1) is 0 Å². The number of aromatic nitrogens is 1. The topological polar surface area (TPSA) is 130 Å². The molecule has 1 aliphatic heterocycles. The maximum atomic E-state index is 12.5. The van der Waals surface area contributed by atoms with Gasteiger partial charge < -0.3 is 20.8 Å². The summed E-state index contributed by atoms with van der Waals surface area (Å²) in [5, 5.41) is 6.54. The number of amidine groups is 1. The fraction of sp³-hybridized carbons (Fsp3) is 0.409. The third-order valence-electron chi connectivity index (χ3n) is 5.28. The van der Waals surface area contributed by atoms with Crippen molar-refractivity contribution in [3.05, 3.63) is 53.7 Å². The van der Waals surface area contributed by atoms with E-state index in [1.165, 1.54) is 26.6 Å². The Kier molecular flexibility index (Phi) is 8.23. The van der Waals surface area contributed by atoms with E-state index in [4.69, 9.17) is 10.6 Å². The number of benzene rings is 1. The average Bonchev–Trinajstić information content (AvgIpc) is 2.83. The van der Waals surface area contributed by atoms with Gasteiger partial charge in [0.05, 0.1) is 10.5 Å². The van der Waals surface area contributed by atoms with Gasteiger partial charge in [0.2, 0.25) is 10.0 Å². The van der Waals surface area contributed by atoms with Crippen LogP contribution in [0.1, 0.15) is 30.4 Å². The van der Waals surface area contributed by atoms with Gasteiger partial charge in [0.15, 0.2) is 12.4 Å². The molecular weight excluding hydrogens is 444 g/mol. The molecule has 33 heavy (non-hydrogen) atoms. The molecule has 0 atom stereocenters. The zero-order valence-electron chi connectivity index (χ0n) is 18.9. The molecule has 1 aromatic heterocycles. The molecule has 10 nitrogen and oxygen atoms in total. The summed E-state index contributed by atoms with van der Waals surface area (Å²) in [6, 6.07) is 10.1. The first-order valence-corrected chi connectivity index (χ1v) is 12.2. The predicted molar refractivity (Wildman–Crippen MR) is 126 cm³/mol. The number of piperidine rings is 1. The van der Waals surface area contributed by atoms with Crippen LogP contribution in [0.5, 0.6) is 0 Å². The number of anilines is 1. The summed E-state index contributed by atoms with van der Waals surface area (Å²) >= 11 is 0. The van der Waals surface area contributed by atoms with Crippen LogP contribution in [0.2, 0.25) is 0 Å². The van der Waals surface area contributed by atoms with Crippen molar-refractivity contribution in [2.24, 2.45) is 10.9 Å². The second kappa shape index (κ2) is 11.1. The molecule has 3 N–H and O–H groups in total. The number of carbonyl (C=O) groups excluding carboxylic acids is 1. The molecule has 2 heterocycles. The van der Waals surface area contributed by atoms with Crippen molar-refractivity contribution >= 4 is 27.6 Å². The number of hydrogen-bond acceptors (Lipinski definition) is 7. The molecule has 0 saturated carbocycles. The van der Waals surface area contributed by atoms with Gasteiger partial charge in [-0.3, -0.25) is 4.79 Å². The number of carbonyl (C=O) groups is 1. The van der Waals surface area contributed by atoms with E-state index in [1.807, 2.05) is 6.07 Å². The molecule has 3 rings (SSSR count). The van der Waals surface area contributed by atoms with Crippen molar-refractivity contribution < 1.29 is 18.0 Å². The first kappa shape index (κ1) is 24.5. The first-order valence-electron chi connectivity index (χ1n) is 10.7. The van der Waals surface area contributed by atoms with Crippen LogP contribution >= 0.6 is 0 Å². The third kappa shape index (κ3) is 6.20. The molecule has 0 unspecified atom stereocenters. The van der Waals surface area contributed by atoms with Gasteiger partial charge in [0, 0.05) is 39.9 Å². The molecule has 1 fully saturated rings. The maximum absolute atomic E-state index is 12.5. The van der Waals surface area contributed by atoms with Gasteiger partial charge >= 0.3 is 0 Å². The third-order valence-corrected chi connectivity index (χ3v) is 7.20. The molecule has 2 aromatic rings. The largest absolute Gasteiger partial charge is 0.384 e. The van der Waals surface area contributed by atoms with E-state index in [-0.39, 0.29) is 23.9 Å². The number of nitrogens with zero attached hydrogens (tertiary/aromatic N) is 4. The SMILES string of the molecule is CN(C)S(=O)(=O)c1ccccc1CNC(=O)CO/N=C(/N)c1cccnc1N1CCCCC1. The van der Waals surface area contributed by atoms with E-state index < -0.39 is 15.9 Å². The summed E-state index contributed by atoms with van der Waals surface area (Å²) < 4.78 is 26.1. The van der Waals surface area contributed by atoms with Crippen LogP contribution < -0.4 is 16.0 Å². The lowest BCUT2D eigenvalue weighted by atomic mass is 10.1. The highest BCUT2D eigenvalue weighted by molar-refractivity contribution is 7.89. The quantitative estimate of drug-likeness (QED) is 0.318. The summed E-state index contributed by atoms with van der Waals surface area (Å²) in [7, 11) is -0.709. The zero-order valence-corrected chi connectivity index (χ0v) is 19.7. The van der Waals surface area contributed by atoms with Crippen molar-refractivity contribution in [1.29, 1.82) is 0 Å². The fourth-order valence-electron chi connectivity index (χ4n) is 3.51. The number of amides is 1. The Morgan fingerprint density at radius 3 is 2.64 bits per heavy atom. The normalized spacial score (nSPS) is 14.9. The predicted octanol–water partition coefficient (Wildman–Crippen LogP) is 1.28. The monoisotopic (exact) mass is 474 g/mol. The summed E-state index contributed by atoms with van der Waals surface area (Å²) in [6.45, 7) is 1.49. The van der Waals surface area contributed by atoms with E-state index in [9.17, 15) is 13.2 Å². The van der Waals surface area contributed by atoms with Crippen molar-refractivity contribution in [2.45, 2.75) is 30.7 Å². The fourth-order valence-corrected chi connectivity index (χ4v) is 4.62. The summed E-state index contributed by atoms with van der Waals surface area (Å²) in [6.07, 6.45) is 5.11. The molecule has 0 spiro atoms. The Hall–Kier alpha value is -3.18. The number of nitrogens with one attached hydrogen (secondary N) is 1. The summed E-state index contributed by atoms with van der Waals surface area (Å²) in [4.78, 5) is 24.1. The molecule has 1 saturated heterocycles. The Morgan fingerprint density at radius 1 is 1.18 bits per heavy atom. The number of pyridine rings is 1. The minimum atomic E-state index is -3.63. The van der Waals surface area contributed by atoms with Gasteiger partial charge in [-0.1, -0.05) is 23.4 Å². The van der Waals surface area contributed by atoms with E-state index in [0.29, 0.717) is 11.1 Å². The van der Waals surface area contributed by atoms with Crippen molar-refractivity contribution in [3.63, 3.8) is 0 Å². The number of oxime groups is 1. The van der Waals surface area contributed by atoms with Crippen LogP contribution in [0.3, 0.4) is 0 Å². The molecule has 0 bridgehead atoms. The number of nitrogens with two attached hydrogens (primary N) is 1. The van der Waals surface area contributed by atoms with Crippen molar-refractivity contribution in [3.8, 4) is 0 Å². The highest BCUT2D eigenvalue weighted by atomic mass is 32.2. The zero-order chi connectivity index (χ0) is 23.8. The number of rotatable bonds is 9.